The topological polar surface area (TPSA) is 75.7 Å². The largest absolute Gasteiger partial charge is 0.495 e. The number of nitrogens with zero attached hydrogens (tertiary/aromatic N) is 1. The van der Waals surface area contributed by atoms with Gasteiger partial charge in [-0.05, 0) is 42.3 Å². The number of benzene rings is 3. The van der Waals surface area contributed by atoms with E-state index < -0.39 is 15.9 Å². The van der Waals surface area contributed by atoms with Gasteiger partial charge in [0.25, 0.3) is 0 Å². The minimum absolute atomic E-state index is 0.0106. The highest BCUT2D eigenvalue weighted by atomic mass is 35.5. The second-order valence-corrected chi connectivity index (χ2v) is 9.25. The van der Waals surface area contributed by atoms with Crippen LogP contribution < -0.4 is 10.1 Å². The van der Waals surface area contributed by atoms with E-state index in [1.807, 2.05) is 30.3 Å². The minimum Gasteiger partial charge on any atom is -0.495 e. The van der Waals surface area contributed by atoms with Crippen molar-refractivity contribution in [1.29, 1.82) is 0 Å². The summed E-state index contributed by atoms with van der Waals surface area (Å²) in [6.45, 7) is 1.43. The van der Waals surface area contributed by atoms with Gasteiger partial charge in [-0.3, -0.25) is 4.79 Å². The second kappa shape index (κ2) is 9.96. The molecule has 0 bridgehead atoms. The third-order valence-corrected chi connectivity index (χ3v) is 6.75. The summed E-state index contributed by atoms with van der Waals surface area (Å²) in [6, 6.07) is 20.8. The van der Waals surface area contributed by atoms with Crippen molar-refractivity contribution in [3.8, 4) is 5.75 Å². The summed E-state index contributed by atoms with van der Waals surface area (Å²) in [5.41, 5.74) is 1.93. The quantitative estimate of drug-likeness (QED) is 0.539. The molecule has 162 valence electrons. The van der Waals surface area contributed by atoms with Gasteiger partial charge in [0.15, 0.2) is 0 Å². The van der Waals surface area contributed by atoms with E-state index in [1.165, 1.54) is 13.2 Å². The Balaban J connectivity index is 1.95. The van der Waals surface area contributed by atoms with E-state index in [9.17, 15) is 13.2 Å². The second-order valence-electron chi connectivity index (χ2n) is 6.94. The van der Waals surface area contributed by atoms with Crippen LogP contribution in [0.2, 0.25) is 5.02 Å². The standard InChI is InChI=1S/C23H23ClN2O4S/c1-17-12-13-21(30-2)22(14-17)31(28,29)26(15-18-8-4-3-5-9-18)16-23(27)25-20-11-7-6-10-19(20)24/h3-14H,15-16H2,1-2H3,(H,25,27). The average Bonchev–Trinajstić information content (AvgIpc) is 2.75. The fraction of sp³-hybridized carbons (Fsp3) is 0.174. The number of para-hydroxylation sites is 1. The average molecular weight is 459 g/mol. The van der Waals surface area contributed by atoms with E-state index in [0.29, 0.717) is 10.7 Å². The van der Waals surface area contributed by atoms with E-state index >= 15 is 0 Å². The predicted molar refractivity (Wildman–Crippen MR) is 122 cm³/mol. The maximum atomic E-state index is 13.6. The van der Waals surface area contributed by atoms with Crippen molar-refractivity contribution in [2.45, 2.75) is 18.4 Å². The Morgan fingerprint density at radius 2 is 1.71 bits per heavy atom. The van der Waals surface area contributed by atoms with Gasteiger partial charge in [0.1, 0.15) is 10.6 Å². The Hall–Kier alpha value is -2.87. The van der Waals surface area contributed by atoms with Crippen molar-refractivity contribution in [3.63, 3.8) is 0 Å². The molecule has 0 saturated carbocycles. The van der Waals surface area contributed by atoms with Gasteiger partial charge in [-0.25, -0.2) is 8.42 Å². The normalized spacial score (nSPS) is 11.4. The highest BCUT2D eigenvalue weighted by Crippen LogP contribution is 2.29. The summed E-state index contributed by atoms with van der Waals surface area (Å²) < 4.78 is 33.5. The molecule has 0 radical (unpaired) electrons. The van der Waals surface area contributed by atoms with Crippen molar-refractivity contribution in [3.05, 3.63) is 88.9 Å². The first-order chi connectivity index (χ1) is 14.8. The van der Waals surface area contributed by atoms with Crippen LogP contribution in [0.5, 0.6) is 5.75 Å². The van der Waals surface area contributed by atoms with E-state index in [-0.39, 0.29) is 23.7 Å². The summed E-state index contributed by atoms with van der Waals surface area (Å²) >= 11 is 6.11. The van der Waals surface area contributed by atoms with E-state index in [1.54, 1.807) is 43.3 Å². The van der Waals surface area contributed by atoms with Gasteiger partial charge < -0.3 is 10.1 Å². The van der Waals surface area contributed by atoms with Crippen LogP contribution in [-0.2, 0) is 21.4 Å². The van der Waals surface area contributed by atoms with Crippen LogP contribution in [0.3, 0.4) is 0 Å². The Kier molecular flexibility index (Phi) is 7.33. The van der Waals surface area contributed by atoms with E-state index in [0.717, 1.165) is 15.4 Å². The molecule has 8 heteroatoms. The van der Waals surface area contributed by atoms with Gasteiger partial charge in [0.2, 0.25) is 15.9 Å². The molecule has 0 fully saturated rings. The lowest BCUT2D eigenvalue weighted by Crippen LogP contribution is -2.37. The van der Waals surface area contributed by atoms with E-state index in [4.69, 9.17) is 16.3 Å². The van der Waals surface area contributed by atoms with Gasteiger partial charge in [0.05, 0.1) is 24.4 Å². The third kappa shape index (κ3) is 5.64. The molecule has 0 spiro atoms. The van der Waals surface area contributed by atoms with Crippen LogP contribution in [0.4, 0.5) is 5.69 Å². The van der Waals surface area contributed by atoms with Gasteiger partial charge in [-0.15, -0.1) is 0 Å². The molecule has 0 aliphatic carbocycles. The zero-order valence-electron chi connectivity index (χ0n) is 17.2. The molecule has 0 aromatic heterocycles. The molecule has 0 atom stereocenters. The molecule has 31 heavy (non-hydrogen) atoms. The number of aryl methyl sites for hydroxylation is 1. The lowest BCUT2D eigenvalue weighted by atomic mass is 10.2. The maximum Gasteiger partial charge on any atom is 0.247 e. The fourth-order valence-electron chi connectivity index (χ4n) is 3.05. The number of carbonyl (C=O) groups is 1. The van der Waals surface area contributed by atoms with Crippen LogP contribution in [0.1, 0.15) is 11.1 Å². The Labute approximate surface area is 187 Å². The van der Waals surface area contributed by atoms with Gasteiger partial charge in [-0.2, -0.15) is 4.31 Å². The molecule has 0 unspecified atom stereocenters. The maximum absolute atomic E-state index is 13.6. The number of halogens is 1. The lowest BCUT2D eigenvalue weighted by Gasteiger charge is -2.23. The molecule has 3 rings (SSSR count). The number of nitrogens with one attached hydrogen (secondary N) is 1. The highest BCUT2D eigenvalue weighted by molar-refractivity contribution is 7.89. The molecule has 3 aromatic carbocycles. The number of anilines is 1. The van der Waals surface area contributed by atoms with Crippen LogP contribution in [0.25, 0.3) is 0 Å². The molecule has 1 N–H and O–H groups in total. The molecular formula is C23H23ClN2O4S. The number of ether oxygens (including phenoxy) is 1. The fourth-order valence-corrected chi connectivity index (χ4v) is 4.86. The minimum atomic E-state index is -4.05. The van der Waals surface area contributed by atoms with E-state index in [2.05, 4.69) is 5.32 Å². The number of rotatable bonds is 8. The number of amides is 1. The summed E-state index contributed by atoms with van der Waals surface area (Å²) in [5.74, 6) is -0.283. The number of hydrogen-bond donors (Lipinski definition) is 1. The van der Waals surface area contributed by atoms with Crippen molar-refractivity contribution < 1.29 is 17.9 Å². The SMILES string of the molecule is COc1ccc(C)cc1S(=O)(=O)N(CC(=O)Nc1ccccc1Cl)Cc1ccccc1. The summed E-state index contributed by atoms with van der Waals surface area (Å²) in [4.78, 5) is 12.8. The summed E-state index contributed by atoms with van der Waals surface area (Å²) in [5, 5.41) is 3.05. The molecule has 1 amide bonds. The number of sulfonamides is 1. The molecular weight excluding hydrogens is 436 g/mol. The molecule has 6 nitrogen and oxygen atoms in total. The van der Waals surface area contributed by atoms with Crippen LogP contribution in [0, 0.1) is 6.92 Å². The molecule has 0 aliphatic heterocycles. The third-order valence-electron chi connectivity index (χ3n) is 4.61. The smallest absolute Gasteiger partial charge is 0.247 e. The van der Waals surface area contributed by atoms with Crippen LogP contribution in [0.15, 0.2) is 77.7 Å². The molecule has 0 aliphatic rings. The van der Waals surface area contributed by atoms with Crippen LogP contribution in [-0.4, -0.2) is 32.3 Å². The predicted octanol–water partition coefficient (Wildman–Crippen LogP) is 4.49. The monoisotopic (exact) mass is 458 g/mol. The first-order valence-corrected chi connectivity index (χ1v) is 11.4. The number of methoxy groups -OCH3 is 1. The first kappa shape index (κ1) is 22.8. The number of hydrogen-bond acceptors (Lipinski definition) is 4. The van der Waals surface area contributed by atoms with Gasteiger partial charge in [0, 0.05) is 6.54 Å². The van der Waals surface area contributed by atoms with Crippen molar-refractivity contribution in [1.82, 2.24) is 4.31 Å². The first-order valence-electron chi connectivity index (χ1n) is 9.54. The Morgan fingerprint density at radius 3 is 2.39 bits per heavy atom. The molecule has 3 aromatic rings. The zero-order chi connectivity index (χ0) is 22.4. The molecule has 0 saturated heterocycles. The van der Waals surface area contributed by atoms with Gasteiger partial charge in [-0.1, -0.05) is 60.1 Å². The number of carbonyl (C=O) groups excluding carboxylic acids is 1. The van der Waals surface area contributed by atoms with Crippen LogP contribution >= 0.6 is 11.6 Å². The lowest BCUT2D eigenvalue weighted by molar-refractivity contribution is -0.116. The Morgan fingerprint density at radius 1 is 1.03 bits per heavy atom. The molecule has 0 heterocycles. The van der Waals surface area contributed by atoms with Gasteiger partial charge >= 0.3 is 0 Å². The zero-order valence-corrected chi connectivity index (χ0v) is 18.8. The van der Waals surface area contributed by atoms with Crippen molar-refractivity contribution in [2.24, 2.45) is 0 Å². The van der Waals surface area contributed by atoms with Crippen molar-refractivity contribution >= 4 is 33.2 Å². The highest BCUT2D eigenvalue weighted by Gasteiger charge is 2.30. The summed E-state index contributed by atoms with van der Waals surface area (Å²) in [6.07, 6.45) is 0. The van der Waals surface area contributed by atoms with Crippen molar-refractivity contribution in [2.75, 3.05) is 19.0 Å². The Bertz CT molecular complexity index is 1170. The summed E-state index contributed by atoms with van der Waals surface area (Å²) in [7, 11) is -2.64.